The Labute approximate surface area is 189 Å². The van der Waals surface area contributed by atoms with E-state index in [1.165, 1.54) is 22.3 Å². The van der Waals surface area contributed by atoms with E-state index in [0.29, 0.717) is 11.1 Å². The number of aromatic nitrogens is 3. The summed E-state index contributed by atoms with van der Waals surface area (Å²) < 4.78 is 16.3. The average Bonchev–Trinajstić information content (AvgIpc) is 3.21. The third-order valence-corrected chi connectivity index (χ3v) is 5.75. The molecule has 0 aliphatic heterocycles. The molecule has 2 aromatic heterocycles. The molecule has 1 N–H and O–H groups in total. The standard InChI is InChI=1S/C24H22ClFN4O2/c1-15-3-5-18(11-16(15)2)21-13-22-24(32)29(9-10-30(22)28-21)8-7-23(31)27-14-17-4-6-20(26)19(25)12-17/h3-6,9-13H,7-8,14H2,1-2H3,(H,27,31). The third-order valence-electron chi connectivity index (χ3n) is 5.46. The highest BCUT2D eigenvalue weighted by atomic mass is 35.5. The van der Waals surface area contributed by atoms with Crippen LogP contribution in [0.4, 0.5) is 4.39 Å². The number of benzene rings is 2. The number of halogens is 2. The fourth-order valence-corrected chi connectivity index (χ4v) is 3.61. The van der Waals surface area contributed by atoms with Crippen molar-refractivity contribution in [3.05, 3.63) is 92.7 Å². The fraction of sp³-hybridized carbons (Fsp3) is 0.208. The molecule has 4 rings (SSSR count). The first-order valence-corrected chi connectivity index (χ1v) is 10.6. The summed E-state index contributed by atoms with van der Waals surface area (Å²) in [5, 5.41) is 7.28. The molecule has 32 heavy (non-hydrogen) atoms. The second kappa shape index (κ2) is 8.96. The van der Waals surface area contributed by atoms with E-state index in [4.69, 9.17) is 11.6 Å². The molecule has 0 bridgehead atoms. The van der Waals surface area contributed by atoms with Crippen molar-refractivity contribution in [3.8, 4) is 11.3 Å². The number of nitrogens with one attached hydrogen (secondary N) is 1. The van der Waals surface area contributed by atoms with Crippen LogP contribution in [0.25, 0.3) is 16.8 Å². The SMILES string of the molecule is Cc1ccc(-c2cc3c(=O)n(CCC(=O)NCc4ccc(F)c(Cl)c4)ccn3n2)cc1C. The first kappa shape index (κ1) is 21.8. The molecular formula is C24H22ClFN4O2. The number of amides is 1. The van der Waals surface area contributed by atoms with E-state index in [-0.39, 0.29) is 36.0 Å². The Bertz CT molecular complexity index is 1380. The topological polar surface area (TPSA) is 68.4 Å². The molecule has 0 spiro atoms. The van der Waals surface area contributed by atoms with Gasteiger partial charge in [0.2, 0.25) is 5.91 Å². The van der Waals surface area contributed by atoms with Crippen molar-refractivity contribution in [1.82, 2.24) is 19.5 Å². The highest BCUT2D eigenvalue weighted by Gasteiger charge is 2.11. The summed E-state index contributed by atoms with van der Waals surface area (Å²) in [5.74, 6) is -0.724. The summed E-state index contributed by atoms with van der Waals surface area (Å²) in [5.41, 5.74) is 4.95. The third kappa shape index (κ3) is 4.57. The smallest absolute Gasteiger partial charge is 0.276 e. The highest BCUT2D eigenvalue weighted by molar-refractivity contribution is 6.30. The number of fused-ring (bicyclic) bond motifs is 1. The summed E-state index contributed by atoms with van der Waals surface area (Å²) in [6.07, 6.45) is 3.46. The molecule has 4 aromatic rings. The molecule has 0 aliphatic carbocycles. The van der Waals surface area contributed by atoms with E-state index in [0.717, 1.165) is 16.8 Å². The molecule has 8 heteroatoms. The molecule has 0 radical (unpaired) electrons. The summed E-state index contributed by atoms with van der Waals surface area (Å²) in [4.78, 5) is 25.1. The first-order valence-electron chi connectivity index (χ1n) is 10.2. The second-order valence-corrected chi connectivity index (χ2v) is 8.14. The summed E-state index contributed by atoms with van der Waals surface area (Å²) >= 11 is 5.76. The molecule has 0 saturated carbocycles. The normalized spacial score (nSPS) is 11.1. The zero-order valence-corrected chi connectivity index (χ0v) is 18.5. The molecule has 0 saturated heterocycles. The van der Waals surface area contributed by atoms with Crippen molar-refractivity contribution in [1.29, 1.82) is 0 Å². The lowest BCUT2D eigenvalue weighted by molar-refractivity contribution is -0.121. The zero-order chi connectivity index (χ0) is 22.8. The molecule has 2 heterocycles. The lowest BCUT2D eigenvalue weighted by Gasteiger charge is -2.08. The lowest BCUT2D eigenvalue weighted by atomic mass is 10.0. The summed E-state index contributed by atoms with van der Waals surface area (Å²) in [7, 11) is 0. The van der Waals surface area contributed by atoms with E-state index >= 15 is 0 Å². The van der Waals surface area contributed by atoms with Crippen molar-refractivity contribution in [3.63, 3.8) is 0 Å². The molecule has 1 amide bonds. The molecule has 0 atom stereocenters. The monoisotopic (exact) mass is 452 g/mol. The van der Waals surface area contributed by atoms with Crippen LogP contribution < -0.4 is 10.9 Å². The van der Waals surface area contributed by atoms with Gasteiger partial charge in [-0.1, -0.05) is 29.8 Å². The van der Waals surface area contributed by atoms with Gasteiger partial charge in [-0.15, -0.1) is 0 Å². The number of hydrogen-bond acceptors (Lipinski definition) is 3. The zero-order valence-electron chi connectivity index (χ0n) is 17.7. The molecule has 2 aromatic carbocycles. The second-order valence-electron chi connectivity index (χ2n) is 7.73. The van der Waals surface area contributed by atoms with Crippen LogP contribution in [0.5, 0.6) is 0 Å². The minimum atomic E-state index is -0.503. The minimum Gasteiger partial charge on any atom is -0.352 e. The van der Waals surface area contributed by atoms with Gasteiger partial charge in [0.05, 0.1) is 10.7 Å². The molecular weight excluding hydrogens is 431 g/mol. The summed E-state index contributed by atoms with van der Waals surface area (Å²) in [6, 6.07) is 12.1. The van der Waals surface area contributed by atoms with Gasteiger partial charge in [-0.2, -0.15) is 5.10 Å². The number of aryl methyl sites for hydroxylation is 3. The maximum Gasteiger partial charge on any atom is 0.276 e. The lowest BCUT2D eigenvalue weighted by Crippen LogP contribution is -2.27. The predicted molar refractivity (Wildman–Crippen MR) is 122 cm³/mol. The van der Waals surface area contributed by atoms with Crippen LogP contribution in [0, 0.1) is 19.7 Å². The fourth-order valence-electron chi connectivity index (χ4n) is 3.40. The van der Waals surface area contributed by atoms with Gasteiger partial charge in [0.25, 0.3) is 5.56 Å². The number of nitrogens with zero attached hydrogens (tertiary/aromatic N) is 3. The van der Waals surface area contributed by atoms with Crippen LogP contribution in [0.15, 0.2) is 59.7 Å². The van der Waals surface area contributed by atoms with Crippen LogP contribution in [-0.2, 0) is 17.9 Å². The van der Waals surface area contributed by atoms with E-state index in [1.807, 2.05) is 32.0 Å². The average molecular weight is 453 g/mol. The van der Waals surface area contributed by atoms with Crippen LogP contribution >= 0.6 is 11.6 Å². The number of carbonyl (C=O) groups is 1. The van der Waals surface area contributed by atoms with Crippen molar-refractivity contribution in [2.24, 2.45) is 0 Å². The molecule has 6 nitrogen and oxygen atoms in total. The first-order chi connectivity index (χ1) is 15.3. The Morgan fingerprint density at radius 1 is 1.09 bits per heavy atom. The number of hydrogen-bond donors (Lipinski definition) is 1. The van der Waals surface area contributed by atoms with E-state index in [2.05, 4.69) is 10.4 Å². The van der Waals surface area contributed by atoms with Gasteiger partial charge in [0.15, 0.2) is 0 Å². The minimum absolute atomic E-state index is 0.0116. The van der Waals surface area contributed by atoms with Gasteiger partial charge in [-0.25, -0.2) is 8.91 Å². The largest absolute Gasteiger partial charge is 0.352 e. The highest BCUT2D eigenvalue weighted by Crippen LogP contribution is 2.21. The maximum absolute atomic E-state index is 13.2. The molecule has 0 unspecified atom stereocenters. The van der Waals surface area contributed by atoms with Gasteiger partial charge < -0.3 is 9.88 Å². The summed E-state index contributed by atoms with van der Waals surface area (Å²) in [6.45, 7) is 4.55. The van der Waals surface area contributed by atoms with Gasteiger partial charge in [-0.3, -0.25) is 9.59 Å². The van der Waals surface area contributed by atoms with Crippen LogP contribution in [0.3, 0.4) is 0 Å². The van der Waals surface area contributed by atoms with Gasteiger partial charge in [0, 0.05) is 37.5 Å². The van der Waals surface area contributed by atoms with Gasteiger partial charge in [0.1, 0.15) is 11.3 Å². The van der Waals surface area contributed by atoms with Crippen molar-refractivity contribution in [2.75, 3.05) is 0 Å². The van der Waals surface area contributed by atoms with Crippen LogP contribution in [0.1, 0.15) is 23.1 Å². The van der Waals surface area contributed by atoms with E-state index < -0.39 is 5.82 Å². The van der Waals surface area contributed by atoms with Crippen molar-refractivity contribution < 1.29 is 9.18 Å². The Morgan fingerprint density at radius 2 is 1.91 bits per heavy atom. The Kier molecular flexibility index (Phi) is 6.10. The quantitative estimate of drug-likeness (QED) is 0.475. The Morgan fingerprint density at radius 3 is 2.66 bits per heavy atom. The number of rotatable bonds is 6. The van der Waals surface area contributed by atoms with Gasteiger partial charge in [-0.05, 0) is 54.8 Å². The van der Waals surface area contributed by atoms with E-state index in [9.17, 15) is 14.0 Å². The molecule has 0 fully saturated rings. The van der Waals surface area contributed by atoms with Crippen LogP contribution in [-0.4, -0.2) is 20.1 Å². The predicted octanol–water partition coefficient (Wildman–Crippen LogP) is 4.28. The van der Waals surface area contributed by atoms with E-state index in [1.54, 1.807) is 29.0 Å². The Hall–Kier alpha value is -3.45. The van der Waals surface area contributed by atoms with Crippen LogP contribution in [0.2, 0.25) is 5.02 Å². The van der Waals surface area contributed by atoms with Crippen molar-refractivity contribution >= 4 is 23.0 Å². The van der Waals surface area contributed by atoms with Crippen molar-refractivity contribution in [2.45, 2.75) is 33.4 Å². The molecule has 0 aliphatic rings. The van der Waals surface area contributed by atoms with Gasteiger partial charge >= 0.3 is 0 Å². The maximum atomic E-state index is 13.2. The Balaban J connectivity index is 1.44. The molecule has 164 valence electrons. The number of carbonyl (C=O) groups excluding carboxylic acids is 1.